The number of aryl methyl sites for hydroxylation is 2. The van der Waals surface area contributed by atoms with Crippen LogP contribution in [0, 0.1) is 13.8 Å². The second-order valence-corrected chi connectivity index (χ2v) is 6.75. The van der Waals surface area contributed by atoms with Gasteiger partial charge in [-0.3, -0.25) is 14.6 Å². The summed E-state index contributed by atoms with van der Waals surface area (Å²) in [6.07, 6.45) is 0. The Bertz CT molecular complexity index is 784. The first-order chi connectivity index (χ1) is 10.8. The molecule has 122 valence electrons. The van der Waals surface area contributed by atoms with Crippen molar-refractivity contribution in [3.05, 3.63) is 45.2 Å². The Hall–Kier alpha value is -2.32. The number of nitrogens with two attached hydrogens (primary N) is 1. The summed E-state index contributed by atoms with van der Waals surface area (Å²) in [6.45, 7) is 5.56. The van der Waals surface area contributed by atoms with Gasteiger partial charge in [0.25, 0.3) is 11.5 Å². The fraction of sp³-hybridized carbons (Fsp3) is 0.267. The SMILES string of the molecule is CC[S+]([O-])c1nc(Nc2cc(C)cc(C)c2)c(C(N)=O)c(=O)[nH]1. The number of hydrogen-bond acceptors (Lipinski definition) is 5. The molecule has 2 aromatic rings. The number of hydrogen-bond donors (Lipinski definition) is 3. The van der Waals surface area contributed by atoms with E-state index >= 15 is 0 Å². The molecule has 0 spiro atoms. The molecule has 0 fully saturated rings. The number of primary amides is 1. The number of benzene rings is 1. The molecular weight excluding hydrogens is 316 g/mol. The molecule has 4 N–H and O–H groups in total. The van der Waals surface area contributed by atoms with Crippen LogP contribution in [0.2, 0.25) is 0 Å². The lowest BCUT2D eigenvalue weighted by Crippen LogP contribution is -2.28. The molecule has 1 amide bonds. The van der Waals surface area contributed by atoms with Gasteiger partial charge in [-0.1, -0.05) is 6.07 Å². The second-order valence-electron chi connectivity index (χ2n) is 5.09. The quantitative estimate of drug-likeness (QED) is 0.562. The van der Waals surface area contributed by atoms with Crippen molar-refractivity contribution in [1.29, 1.82) is 0 Å². The number of aromatic amines is 1. The van der Waals surface area contributed by atoms with Gasteiger partial charge in [0.1, 0.15) is 11.3 Å². The fourth-order valence-electron chi connectivity index (χ4n) is 2.20. The van der Waals surface area contributed by atoms with Crippen LogP contribution in [0.15, 0.2) is 28.2 Å². The van der Waals surface area contributed by atoms with E-state index < -0.39 is 22.6 Å². The van der Waals surface area contributed by atoms with Crippen LogP contribution in [-0.4, -0.2) is 26.2 Å². The number of H-pyrrole nitrogens is 1. The van der Waals surface area contributed by atoms with Crippen LogP contribution in [0.4, 0.5) is 11.5 Å². The molecule has 0 saturated heterocycles. The number of aromatic nitrogens is 2. The van der Waals surface area contributed by atoms with Gasteiger partial charge in [-0.15, -0.1) is 0 Å². The number of amides is 1. The lowest BCUT2D eigenvalue weighted by molar-refractivity contribution is 0.0999. The summed E-state index contributed by atoms with van der Waals surface area (Å²) >= 11 is -1.46. The van der Waals surface area contributed by atoms with Crippen molar-refractivity contribution in [2.75, 3.05) is 11.1 Å². The van der Waals surface area contributed by atoms with Gasteiger partial charge in [0.15, 0.2) is 5.82 Å². The summed E-state index contributed by atoms with van der Waals surface area (Å²) in [5.74, 6) is -0.607. The van der Waals surface area contributed by atoms with Crippen molar-refractivity contribution in [3.63, 3.8) is 0 Å². The first-order valence-electron chi connectivity index (χ1n) is 6.99. The van der Waals surface area contributed by atoms with Crippen LogP contribution in [0.1, 0.15) is 28.4 Å². The summed E-state index contributed by atoms with van der Waals surface area (Å²) in [7, 11) is 0. The number of carbonyl (C=O) groups is 1. The Labute approximate surface area is 136 Å². The molecule has 0 bridgehead atoms. The molecule has 0 aliphatic heterocycles. The molecule has 2 rings (SSSR count). The first-order valence-corrected chi connectivity index (χ1v) is 8.31. The molecular formula is C15H18N4O3S. The number of carbonyl (C=O) groups excluding carboxylic acids is 1. The minimum Gasteiger partial charge on any atom is -0.609 e. The number of nitrogens with zero attached hydrogens (tertiary/aromatic N) is 1. The Morgan fingerprint density at radius 2 is 1.96 bits per heavy atom. The van der Waals surface area contributed by atoms with E-state index in [0.717, 1.165) is 11.1 Å². The predicted molar refractivity (Wildman–Crippen MR) is 89.5 cm³/mol. The zero-order valence-corrected chi connectivity index (χ0v) is 13.9. The van der Waals surface area contributed by atoms with E-state index in [-0.39, 0.29) is 16.5 Å². The molecule has 0 aliphatic rings. The van der Waals surface area contributed by atoms with Gasteiger partial charge in [-0.05, 0) is 44.0 Å². The third-order valence-corrected chi connectivity index (χ3v) is 4.26. The van der Waals surface area contributed by atoms with E-state index in [0.29, 0.717) is 11.4 Å². The Balaban J connectivity index is 2.56. The summed E-state index contributed by atoms with van der Waals surface area (Å²) in [6, 6.07) is 5.68. The smallest absolute Gasteiger partial charge is 0.325 e. The molecule has 0 aliphatic carbocycles. The van der Waals surface area contributed by atoms with Crippen molar-refractivity contribution in [2.24, 2.45) is 5.73 Å². The van der Waals surface area contributed by atoms with Crippen molar-refractivity contribution in [1.82, 2.24) is 9.97 Å². The van der Waals surface area contributed by atoms with E-state index in [9.17, 15) is 14.1 Å². The lowest BCUT2D eigenvalue weighted by Gasteiger charge is -2.12. The molecule has 1 atom stereocenters. The second kappa shape index (κ2) is 6.84. The minimum atomic E-state index is -1.46. The largest absolute Gasteiger partial charge is 0.609 e. The van der Waals surface area contributed by atoms with Crippen molar-refractivity contribution >= 4 is 28.6 Å². The summed E-state index contributed by atoms with van der Waals surface area (Å²) in [5.41, 5.74) is 6.95. The fourth-order valence-corrected chi connectivity index (χ4v) is 2.87. The van der Waals surface area contributed by atoms with Crippen LogP contribution < -0.4 is 16.6 Å². The molecule has 0 radical (unpaired) electrons. The van der Waals surface area contributed by atoms with Crippen LogP contribution >= 0.6 is 0 Å². The minimum absolute atomic E-state index is 0.00282. The Morgan fingerprint density at radius 3 is 2.48 bits per heavy atom. The number of anilines is 2. The maximum Gasteiger partial charge on any atom is 0.325 e. The molecule has 0 saturated carbocycles. The summed E-state index contributed by atoms with van der Waals surface area (Å²) < 4.78 is 11.9. The third-order valence-electron chi connectivity index (χ3n) is 3.11. The highest BCUT2D eigenvalue weighted by Gasteiger charge is 2.21. The summed E-state index contributed by atoms with van der Waals surface area (Å²) in [5, 5.41) is 2.94. The van der Waals surface area contributed by atoms with E-state index in [4.69, 9.17) is 5.73 Å². The molecule has 1 unspecified atom stereocenters. The van der Waals surface area contributed by atoms with Crippen LogP contribution in [-0.2, 0) is 11.2 Å². The van der Waals surface area contributed by atoms with Gasteiger partial charge in [0.2, 0.25) is 0 Å². The molecule has 1 aromatic heterocycles. The Morgan fingerprint density at radius 1 is 1.35 bits per heavy atom. The van der Waals surface area contributed by atoms with Crippen LogP contribution in [0.3, 0.4) is 0 Å². The highest BCUT2D eigenvalue weighted by Crippen LogP contribution is 2.20. The highest BCUT2D eigenvalue weighted by atomic mass is 32.2. The van der Waals surface area contributed by atoms with Crippen molar-refractivity contribution < 1.29 is 9.35 Å². The average molecular weight is 334 g/mol. The van der Waals surface area contributed by atoms with Gasteiger partial charge in [0.05, 0.1) is 0 Å². The monoisotopic (exact) mass is 334 g/mol. The predicted octanol–water partition coefficient (Wildman–Crippen LogP) is 1.36. The standard InChI is InChI=1S/C15H18N4O3S/c1-4-23(22)15-18-13(11(12(16)20)14(21)19-15)17-10-6-8(2)5-9(3)7-10/h5-7H,4H2,1-3H3,(H2,16,20)(H2,17,18,19,21). The van der Waals surface area contributed by atoms with Gasteiger partial charge >= 0.3 is 5.16 Å². The molecule has 7 nitrogen and oxygen atoms in total. The van der Waals surface area contributed by atoms with Crippen LogP contribution in [0.5, 0.6) is 0 Å². The van der Waals surface area contributed by atoms with Crippen LogP contribution in [0.25, 0.3) is 0 Å². The lowest BCUT2D eigenvalue weighted by atomic mass is 10.1. The maximum atomic E-state index is 12.1. The molecule has 1 aromatic carbocycles. The number of nitrogens with one attached hydrogen (secondary N) is 2. The maximum absolute atomic E-state index is 12.1. The third kappa shape index (κ3) is 3.91. The van der Waals surface area contributed by atoms with Crippen molar-refractivity contribution in [3.8, 4) is 0 Å². The van der Waals surface area contributed by atoms with E-state index in [2.05, 4.69) is 15.3 Å². The average Bonchev–Trinajstić information content (AvgIpc) is 2.44. The number of rotatable bonds is 5. The first kappa shape index (κ1) is 17.0. The summed E-state index contributed by atoms with van der Waals surface area (Å²) in [4.78, 5) is 30.1. The van der Waals surface area contributed by atoms with Gasteiger partial charge in [-0.25, -0.2) is 0 Å². The van der Waals surface area contributed by atoms with E-state index in [1.54, 1.807) is 6.92 Å². The van der Waals surface area contributed by atoms with Gasteiger partial charge in [-0.2, -0.15) is 4.98 Å². The Kier molecular flexibility index (Phi) is 5.07. The van der Waals surface area contributed by atoms with E-state index in [1.165, 1.54) is 0 Å². The molecule has 8 heteroatoms. The topological polar surface area (TPSA) is 124 Å². The molecule has 1 heterocycles. The van der Waals surface area contributed by atoms with Crippen molar-refractivity contribution in [2.45, 2.75) is 25.9 Å². The normalized spacial score (nSPS) is 12.0. The van der Waals surface area contributed by atoms with E-state index in [1.807, 2.05) is 32.0 Å². The van der Waals surface area contributed by atoms with Gasteiger partial charge in [0, 0.05) is 16.9 Å². The van der Waals surface area contributed by atoms with Gasteiger partial charge < -0.3 is 15.6 Å². The zero-order valence-electron chi connectivity index (χ0n) is 13.1. The zero-order chi connectivity index (χ0) is 17.1. The highest BCUT2D eigenvalue weighted by molar-refractivity contribution is 7.91. The molecule has 23 heavy (non-hydrogen) atoms.